The van der Waals surface area contributed by atoms with E-state index in [1.807, 2.05) is 27.2 Å². The molecule has 0 rings (SSSR count). The van der Waals surface area contributed by atoms with E-state index in [2.05, 4.69) is 19.2 Å². The Morgan fingerprint density at radius 3 is 0.843 bits per heavy atom. The summed E-state index contributed by atoms with van der Waals surface area (Å²) in [6.45, 7) is 4.73. The normalized spacial score (nSPS) is 13.5. The quantitative estimate of drug-likeness (QED) is 0.0272. The van der Waals surface area contributed by atoms with Crippen LogP contribution in [0, 0.1) is 0 Å². The number of amides is 1. The number of phosphoric acid groups is 1. The molecule has 0 heterocycles. The molecule has 0 aromatic heterocycles. The highest BCUT2D eigenvalue weighted by Crippen LogP contribution is 2.38. The summed E-state index contributed by atoms with van der Waals surface area (Å²) in [4.78, 5) is 25.7. The van der Waals surface area contributed by atoms with Gasteiger partial charge in [-0.15, -0.1) is 0 Å². The third-order valence-corrected chi connectivity index (χ3v) is 20.2. The number of nitrogens with zero attached hydrogens (tertiary/aromatic N) is 1. The zero-order valence-corrected chi connectivity index (χ0v) is 62.1. The lowest BCUT2D eigenvalue weighted by Gasteiger charge is -2.29. The van der Waals surface area contributed by atoms with Crippen LogP contribution in [-0.4, -0.2) is 68.5 Å². The smallest absolute Gasteiger partial charge is 0.268 e. The maximum absolute atomic E-state index is 13.1. The van der Waals surface area contributed by atoms with Crippen LogP contribution in [0.1, 0.15) is 444 Å². The minimum atomic E-state index is -4.60. The zero-order chi connectivity index (χ0) is 64.8. The molecule has 9 heteroatoms. The number of carbonyl (C=O) groups excluding carboxylic acids is 1. The van der Waals surface area contributed by atoms with Crippen molar-refractivity contribution in [3.63, 3.8) is 0 Å². The van der Waals surface area contributed by atoms with Crippen molar-refractivity contribution in [1.82, 2.24) is 5.32 Å². The summed E-state index contributed by atoms with van der Waals surface area (Å²) in [5.74, 6) is -0.186. The Labute approximate surface area is 558 Å². The van der Waals surface area contributed by atoms with Gasteiger partial charge in [-0.2, -0.15) is 0 Å². The predicted octanol–water partition coefficient (Wildman–Crippen LogP) is 25.8. The van der Waals surface area contributed by atoms with E-state index < -0.39 is 20.0 Å². The van der Waals surface area contributed by atoms with Gasteiger partial charge in [-0.25, -0.2) is 0 Å². The summed E-state index contributed by atoms with van der Waals surface area (Å²) in [6.07, 6.45) is 94.0. The number of unbranched alkanes of at least 4 members (excludes halogenated alkanes) is 64. The number of phosphoric ester groups is 1. The van der Waals surface area contributed by atoms with Crippen molar-refractivity contribution in [2.24, 2.45) is 0 Å². The minimum Gasteiger partial charge on any atom is -0.756 e. The van der Waals surface area contributed by atoms with Crippen LogP contribution in [0.5, 0.6) is 0 Å². The number of quaternary nitrogens is 1. The number of allylic oxidation sites excluding steroid dienone is 1. The lowest BCUT2D eigenvalue weighted by molar-refractivity contribution is -0.870. The first kappa shape index (κ1) is 88.2. The van der Waals surface area contributed by atoms with Crippen LogP contribution >= 0.6 is 7.82 Å². The second kappa shape index (κ2) is 71.5. The van der Waals surface area contributed by atoms with Crippen molar-refractivity contribution in [2.75, 3.05) is 40.9 Å². The Hall–Kier alpha value is -0.760. The van der Waals surface area contributed by atoms with Crippen molar-refractivity contribution in [2.45, 2.75) is 456 Å². The molecule has 0 aromatic carbocycles. The van der Waals surface area contributed by atoms with Gasteiger partial charge in [0.15, 0.2) is 0 Å². The Morgan fingerprint density at radius 2 is 0.607 bits per heavy atom. The molecule has 2 N–H and O–H groups in total. The van der Waals surface area contributed by atoms with Gasteiger partial charge in [0, 0.05) is 6.42 Å². The summed E-state index contributed by atoms with van der Waals surface area (Å²) in [6, 6.07) is -0.885. The summed E-state index contributed by atoms with van der Waals surface area (Å²) < 4.78 is 23.5. The standard InChI is InChI=1S/C80H161N2O6P/c1-6-8-10-12-14-16-18-20-22-24-26-28-30-32-34-35-36-37-38-39-40-41-42-43-44-45-46-48-50-52-54-56-58-60-62-64-66-68-70-72-74-80(84)81-78(77-88-89(85,86)87-76-75-82(3,4)5)79(83)73-71-69-67-65-63-61-59-57-55-53-51-49-47-33-31-29-27-25-23-21-19-17-15-13-11-9-7-2/h71,73,78-79,83H,6-70,72,74-77H2,1-5H3,(H-,81,84,85,86)/b73-71+. The third-order valence-electron chi connectivity index (χ3n) is 19.2. The molecule has 0 radical (unpaired) electrons. The fraction of sp³-hybridized carbons (Fsp3) is 0.963. The molecule has 0 aliphatic heterocycles. The monoisotopic (exact) mass is 1280 g/mol. The van der Waals surface area contributed by atoms with Gasteiger partial charge in [-0.3, -0.25) is 9.36 Å². The fourth-order valence-electron chi connectivity index (χ4n) is 13.0. The molecule has 8 nitrogen and oxygen atoms in total. The predicted molar refractivity (Wildman–Crippen MR) is 390 cm³/mol. The number of likely N-dealkylation sites (N-methyl/N-ethyl adjacent to an activating group) is 1. The Kier molecular flexibility index (Phi) is 70.9. The van der Waals surface area contributed by atoms with Gasteiger partial charge in [0.2, 0.25) is 5.91 Å². The SMILES string of the molecule is CCCCCCCCCCCCCCCCCCCCCCCCCCC/C=C/C(O)C(COP(=O)([O-])OCC[N+](C)(C)C)NC(=O)CCCCCCCCCCCCCCCCCCCCCCCCCCCCCCCCCCCCCCCCCC. The number of nitrogens with one attached hydrogen (secondary N) is 1. The molecule has 0 aliphatic carbocycles. The van der Waals surface area contributed by atoms with Crippen LogP contribution in [0.25, 0.3) is 0 Å². The van der Waals surface area contributed by atoms with Crippen LogP contribution in [0.2, 0.25) is 0 Å². The number of aliphatic hydroxyl groups is 1. The average Bonchev–Trinajstić information content (AvgIpc) is 3.65. The highest BCUT2D eigenvalue weighted by Gasteiger charge is 2.23. The molecule has 0 bridgehead atoms. The lowest BCUT2D eigenvalue weighted by Crippen LogP contribution is -2.45. The zero-order valence-electron chi connectivity index (χ0n) is 61.2. The number of aliphatic hydroxyl groups excluding tert-OH is 1. The molecular weight excluding hydrogens is 1120 g/mol. The van der Waals surface area contributed by atoms with Crippen LogP contribution in [0.3, 0.4) is 0 Å². The summed E-state index contributed by atoms with van der Waals surface area (Å²) in [5, 5.41) is 14.0. The largest absolute Gasteiger partial charge is 0.756 e. The van der Waals surface area contributed by atoms with Crippen molar-refractivity contribution >= 4 is 13.7 Å². The molecule has 3 atom stereocenters. The van der Waals surface area contributed by atoms with Gasteiger partial charge in [0.1, 0.15) is 13.2 Å². The van der Waals surface area contributed by atoms with E-state index in [0.29, 0.717) is 17.4 Å². The lowest BCUT2D eigenvalue weighted by atomic mass is 10.0. The maximum Gasteiger partial charge on any atom is 0.268 e. The van der Waals surface area contributed by atoms with Crippen LogP contribution < -0.4 is 10.2 Å². The minimum absolute atomic E-state index is 0.00314. The molecule has 532 valence electrons. The van der Waals surface area contributed by atoms with E-state index in [-0.39, 0.29) is 19.1 Å². The third kappa shape index (κ3) is 74.5. The number of hydrogen-bond donors (Lipinski definition) is 2. The first-order valence-corrected chi connectivity index (χ1v) is 42.0. The summed E-state index contributed by atoms with van der Waals surface area (Å²) in [7, 11) is 1.29. The van der Waals surface area contributed by atoms with Gasteiger partial charge in [0.05, 0.1) is 39.9 Å². The fourth-order valence-corrected chi connectivity index (χ4v) is 13.7. The van der Waals surface area contributed by atoms with Gasteiger partial charge >= 0.3 is 0 Å². The van der Waals surface area contributed by atoms with E-state index in [1.54, 1.807) is 6.08 Å². The molecule has 0 spiro atoms. The Morgan fingerprint density at radius 1 is 0.382 bits per heavy atom. The Balaban J connectivity index is 3.88. The highest BCUT2D eigenvalue weighted by atomic mass is 31.2. The van der Waals surface area contributed by atoms with E-state index in [1.165, 1.54) is 385 Å². The van der Waals surface area contributed by atoms with E-state index in [4.69, 9.17) is 9.05 Å². The highest BCUT2D eigenvalue weighted by molar-refractivity contribution is 7.45. The van der Waals surface area contributed by atoms with E-state index in [9.17, 15) is 19.4 Å². The van der Waals surface area contributed by atoms with Crippen LogP contribution in [-0.2, 0) is 18.4 Å². The number of carbonyl (C=O) groups is 1. The van der Waals surface area contributed by atoms with Gasteiger partial charge < -0.3 is 28.8 Å². The first-order valence-electron chi connectivity index (χ1n) is 40.6. The summed E-state index contributed by atoms with van der Waals surface area (Å²) in [5.41, 5.74) is 0. The van der Waals surface area contributed by atoms with Gasteiger partial charge in [-0.05, 0) is 19.3 Å². The summed E-state index contributed by atoms with van der Waals surface area (Å²) >= 11 is 0. The van der Waals surface area contributed by atoms with Crippen LogP contribution in [0.15, 0.2) is 12.2 Å². The molecule has 0 fully saturated rings. The number of hydrogen-bond acceptors (Lipinski definition) is 6. The molecule has 0 saturated carbocycles. The molecule has 0 aromatic rings. The number of rotatable bonds is 77. The van der Waals surface area contributed by atoms with Crippen LogP contribution in [0.4, 0.5) is 0 Å². The molecule has 0 aliphatic rings. The molecule has 0 saturated heterocycles. The molecule has 89 heavy (non-hydrogen) atoms. The van der Waals surface area contributed by atoms with E-state index in [0.717, 1.165) is 38.5 Å². The van der Waals surface area contributed by atoms with Crippen molar-refractivity contribution in [1.29, 1.82) is 0 Å². The second-order valence-electron chi connectivity index (χ2n) is 29.5. The molecule has 1 amide bonds. The topological polar surface area (TPSA) is 108 Å². The average molecular weight is 1280 g/mol. The first-order chi connectivity index (χ1) is 43.5. The second-order valence-corrected chi connectivity index (χ2v) is 30.9. The maximum atomic E-state index is 13.1. The Bertz CT molecular complexity index is 1460. The van der Waals surface area contributed by atoms with Gasteiger partial charge in [-0.1, -0.05) is 431 Å². The molecule has 3 unspecified atom stereocenters. The van der Waals surface area contributed by atoms with Crippen molar-refractivity contribution in [3.8, 4) is 0 Å². The van der Waals surface area contributed by atoms with Gasteiger partial charge in [0.25, 0.3) is 7.82 Å². The molecular formula is C80H161N2O6P. The van der Waals surface area contributed by atoms with E-state index >= 15 is 0 Å². The van der Waals surface area contributed by atoms with Crippen molar-refractivity contribution in [3.05, 3.63) is 12.2 Å². The van der Waals surface area contributed by atoms with Crippen molar-refractivity contribution < 1.29 is 32.9 Å².